The Labute approximate surface area is 112 Å². The van der Waals surface area contributed by atoms with Crippen molar-refractivity contribution in [1.29, 1.82) is 0 Å². The normalized spacial score (nSPS) is 21.4. The summed E-state index contributed by atoms with van der Waals surface area (Å²) in [7, 11) is 0. The van der Waals surface area contributed by atoms with Gasteiger partial charge in [-0.1, -0.05) is 30.4 Å². The fourth-order valence-electron chi connectivity index (χ4n) is 2.60. The summed E-state index contributed by atoms with van der Waals surface area (Å²) in [5.74, 6) is -1.14. The van der Waals surface area contributed by atoms with Gasteiger partial charge in [0.25, 0.3) is 0 Å². The minimum Gasteiger partial charge on any atom is -0.481 e. The summed E-state index contributed by atoms with van der Waals surface area (Å²) in [4.78, 5) is 25.3. The number of benzene rings is 1. The zero-order valence-corrected chi connectivity index (χ0v) is 11.1. The van der Waals surface area contributed by atoms with Gasteiger partial charge in [0.2, 0.25) is 5.91 Å². The number of amides is 1. The maximum Gasteiger partial charge on any atom is 0.304 e. The fourth-order valence-corrected chi connectivity index (χ4v) is 2.60. The Balaban J connectivity index is 2.52. The number of carbonyl (C=O) groups is 2. The molecule has 0 saturated carbocycles. The Morgan fingerprint density at radius 2 is 2.05 bits per heavy atom. The van der Waals surface area contributed by atoms with E-state index in [1.54, 1.807) is 11.8 Å². The number of fused-ring (bicyclic) bond motifs is 1. The van der Waals surface area contributed by atoms with E-state index in [1.807, 2.05) is 31.2 Å². The summed E-state index contributed by atoms with van der Waals surface area (Å²) in [5.41, 5.74) is 1.45. The second-order valence-corrected chi connectivity index (χ2v) is 5.27. The van der Waals surface area contributed by atoms with Gasteiger partial charge in [-0.3, -0.25) is 9.59 Å². The Kier molecular flexibility index (Phi) is 3.18. The number of carbonyl (C=O) groups excluding carboxylic acids is 1. The van der Waals surface area contributed by atoms with Gasteiger partial charge in [-0.2, -0.15) is 0 Å². The van der Waals surface area contributed by atoms with Gasteiger partial charge in [0.05, 0.1) is 11.8 Å². The van der Waals surface area contributed by atoms with Crippen LogP contribution in [0.2, 0.25) is 0 Å². The molecule has 2 rings (SSSR count). The van der Waals surface area contributed by atoms with E-state index in [-0.39, 0.29) is 12.3 Å². The molecule has 100 valence electrons. The quantitative estimate of drug-likeness (QED) is 0.844. The van der Waals surface area contributed by atoms with Gasteiger partial charge in [-0.05, 0) is 25.5 Å². The number of aliphatic carboxylic acids is 1. The number of rotatable bonds is 4. The highest BCUT2D eigenvalue weighted by Gasteiger charge is 2.48. The summed E-state index contributed by atoms with van der Waals surface area (Å²) in [6, 6.07) is 7.36. The molecule has 1 unspecified atom stereocenters. The Morgan fingerprint density at radius 1 is 1.42 bits per heavy atom. The van der Waals surface area contributed by atoms with Gasteiger partial charge in [0, 0.05) is 12.2 Å². The van der Waals surface area contributed by atoms with Crippen LogP contribution in [0.15, 0.2) is 36.4 Å². The van der Waals surface area contributed by atoms with E-state index in [0.29, 0.717) is 6.54 Å². The van der Waals surface area contributed by atoms with Crippen LogP contribution in [0.4, 0.5) is 5.69 Å². The lowest BCUT2D eigenvalue weighted by Crippen LogP contribution is -2.40. The second kappa shape index (κ2) is 4.53. The van der Waals surface area contributed by atoms with E-state index in [9.17, 15) is 9.59 Å². The zero-order valence-electron chi connectivity index (χ0n) is 11.1. The van der Waals surface area contributed by atoms with Crippen molar-refractivity contribution in [3.8, 4) is 0 Å². The Morgan fingerprint density at radius 3 is 2.63 bits per heavy atom. The van der Waals surface area contributed by atoms with Crippen molar-refractivity contribution >= 4 is 17.6 Å². The first-order valence-electron chi connectivity index (χ1n) is 6.14. The van der Waals surface area contributed by atoms with Crippen LogP contribution < -0.4 is 4.90 Å². The van der Waals surface area contributed by atoms with E-state index < -0.39 is 11.4 Å². The fraction of sp³-hybridized carbons (Fsp3) is 0.333. The van der Waals surface area contributed by atoms with Gasteiger partial charge in [-0.25, -0.2) is 0 Å². The van der Waals surface area contributed by atoms with E-state index in [0.717, 1.165) is 16.8 Å². The SMILES string of the molecule is C=C(C)CN1C(=O)C(C)(CC(=O)O)c2ccccc21. The number of hydrogen-bond donors (Lipinski definition) is 1. The smallest absolute Gasteiger partial charge is 0.304 e. The van der Waals surface area contributed by atoms with E-state index >= 15 is 0 Å². The van der Waals surface area contributed by atoms with Gasteiger partial charge in [0.15, 0.2) is 0 Å². The molecule has 4 heteroatoms. The average molecular weight is 259 g/mol. The third-order valence-electron chi connectivity index (χ3n) is 3.44. The lowest BCUT2D eigenvalue weighted by atomic mass is 9.81. The first kappa shape index (κ1) is 13.3. The minimum atomic E-state index is -0.988. The monoisotopic (exact) mass is 259 g/mol. The topological polar surface area (TPSA) is 57.6 Å². The summed E-state index contributed by atoms with van der Waals surface area (Å²) in [6.07, 6.45) is -0.199. The molecule has 1 heterocycles. The van der Waals surface area contributed by atoms with Crippen LogP contribution in [0.1, 0.15) is 25.8 Å². The summed E-state index contributed by atoms with van der Waals surface area (Å²) in [6.45, 7) is 7.79. The maximum absolute atomic E-state index is 12.6. The second-order valence-electron chi connectivity index (χ2n) is 5.27. The highest BCUT2D eigenvalue weighted by molar-refractivity contribution is 6.09. The van der Waals surface area contributed by atoms with Crippen LogP contribution in [0.3, 0.4) is 0 Å². The van der Waals surface area contributed by atoms with Gasteiger partial charge >= 0.3 is 5.97 Å². The summed E-state index contributed by atoms with van der Waals surface area (Å²) < 4.78 is 0. The molecule has 0 saturated heterocycles. The third-order valence-corrected chi connectivity index (χ3v) is 3.44. The number of anilines is 1. The van der Waals surface area contributed by atoms with E-state index in [4.69, 9.17) is 5.11 Å². The molecule has 0 radical (unpaired) electrons. The highest BCUT2D eigenvalue weighted by atomic mass is 16.4. The molecular formula is C15H17NO3. The molecule has 1 aliphatic rings. The molecule has 19 heavy (non-hydrogen) atoms. The molecule has 1 amide bonds. The van der Waals surface area contributed by atoms with Crippen molar-refractivity contribution in [3.63, 3.8) is 0 Å². The molecular weight excluding hydrogens is 242 g/mol. The molecule has 1 atom stereocenters. The predicted molar refractivity (Wildman–Crippen MR) is 73.2 cm³/mol. The first-order chi connectivity index (χ1) is 8.86. The van der Waals surface area contributed by atoms with Crippen molar-refractivity contribution in [2.24, 2.45) is 0 Å². The molecule has 0 bridgehead atoms. The molecule has 1 N–H and O–H groups in total. The molecule has 1 aromatic carbocycles. The standard InChI is InChI=1S/C15H17NO3/c1-10(2)9-16-12-7-5-4-6-11(12)15(3,14(16)19)8-13(17)18/h4-7H,1,8-9H2,2-3H3,(H,17,18). The minimum absolute atomic E-state index is 0.167. The van der Waals surface area contributed by atoms with Crippen LogP contribution in [0, 0.1) is 0 Å². The van der Waals surface area contributed by atoms with Crippen molar-refractivity contribution in [1.82, 2.24) is 0 Å². The molecule has 0 aliphatic carbocycles. The summed E-state index contributed by atoms with van der Waals surface area (Å²) in [5, 5.41) is 9.06. The van der Waals surface area contributed by atoms with E-state index in [2.05, 4.69) is 6.58 Å². The number of carboxylic acids is 1. The van der Waals surface area contributed by atoms with Crippen LogP contribution in [0.5, 0.6) is 0 Å². The van der Waals surface area contributed by atoms with Gasteiger partial charge in [0.1, 0.15) is 0 Å². The lowest BCUT2D eigenvalue weighted by Gasteiger charge is -2.22. The molecule has 0 fully saturated rings. The third kappa shape index (κ3) is 2.14. The molecule has 0 spiro atoms. The average Bonchev–Trinajstić information content (AvgIpc) is 2.51. The number of hydrogen-bond acceptors (Lipinski definition) is 2. The molecule has 1 aromatic rings. The maximum atomic E-state index is 12.6. The van der Waals surface area contributed by atoms with Crippen molar-refractivity contribution in [2.75, 3.05) is 11.4 Å². The van der Waals surface area contributed by atoms with Crippen molar-refractivity contribution < 1.29 is 14.7 Å². The molecule has 0 aromatic heterocycles. The number of carboxylic acid groups (broad SMARTS) is 1. The number of nitrogens with zero attached hydrogens (tertiary/aromatic N) is 1. The highest BCUT2D eigenvalue weighted by Crippen LogP contribution is 2.43. The molecule has 4 nitrogen and oxygen atoms in total. The zero-order chi connectivity index (χ0) is 14.2. The Bertz CT molecular complexity index is 564. The van der Waals surface area contributed by atoms with Crippen molar-refractivity contribution in [2.45, 2.75) is 25.7 Å². The summed E-state index contributed by atoms with van der Waals surface area (Å²) >= 11 is 0. The Hall–Kier alpha value is -2.10. The number of para-hydroxylation sites is 1. The van der Waals surface area contributed by atoms with Crippen LogP contribution in [-0.4, -0.2) is 23.5 Å². The lowest BCUT2D eigenvalue weighted by molar-refractivity contribution is -0.141. The van der Waals surface area contributed by atoms with Gasteiger partial charge in [-0.15, -0.1) is 0 Å². The van der Waals surface area contributed by atoms with Crippen LogP contribution in [0.25, 0.3) is 0 Å². The predicted octanol–water partition coefficient (Wildman–Crippen LogP) is 2.34. The largest absolute Gasteiger partial charge is 0.481 e. The van der Waals surface area contributed by atoms with Gasteiger partial charge < -0.3 is 10.0 Å². The van der Waals surface area contributed by atoms with Crippen molar-refractivity contribution in [3.05, 3.63) is 42.0 Å². The van der Waals surface area contributed by atoms with Crippen LogP contribution in [-0.2, 0) is 15.0 Å². The van der Waals surface area contributed by atoms with E-state index in [1.165, 1.54) is 0 Å². The first-order valence-corrected chi connectivity index (χ1v) is 6.14. The molecule has 1 aliphatic heterocycles. The van der Waals surface area contributed by atoms with Crippen LogP contribution >= 0.6 is 0 Å².